The van der Waals surface area contributed by atoms with E-state index in [1.54, 1.807) is 19.1 Å². The Morgan fingerprint density at radius 3 is 2.79 bits per heavy atom. The van der Waals surface area contributed by atoms with Crippen LogP contribution in [-0.2, 0) is 4.74 Å². The number of aromatic nitrogens is 2. The van der Waals surface area contributed by atoms with Crippen LogP contribution in [0.25, 0.3) is 11.4 Å². The maximum atomic E-state index is 11.5. The minimum atomic E-state index is -0.629. The highest BCUT2D eigenvalue weighted by Gasteiger charge is 2.18. The molecule has 0 fully saturated rings. The Labute approximate surface area is 110 Å². The van der Waals surface area contributed by atoms with Gasteiger partial charge < -0.3 is 14.0 Å². The predicted octanol–water partition coefficient (Wildman–Crippen LogP) is 2.31. The Morgan fingerprint density at radius 2 is 2.05 bits per heavy atom. The number of para-hydroxylation sites is 1. The van der Waals surface area contributed by atoms with Crippen molar-refractivity contribution in [3.63, 3.8) is 0 Å². The second-order valence-corrected chi connectivity index (χ2v) is 3.57. The fraction of sp³-hybridized carbons (Fsp3) is 0.308. The average Bonchev–Trinajstić information content (AvgIpc) is 2.90. The van der Waals surface area contributed by atoms with E-state index in [-0.39, 0.29) is 12.5 Å². The number of carbonyl (C=O) groups excluding carboxylic acids is 1. The minimum Gasteiger partial charge on any atom is -0.493 e. The number of carbonyl (C=O) groups is 1. The van der Waals surface area contributed by atoms with Crippen LogP contribution >= 0.6 is 0 Å². The summed E-state index contributed by atoms with van der Waals surface area (Å²) in [5.41, 5.74) is 0.670. The Morgan fingerprint density at radius 1 is 1.26 bits per heavy atom. The first kappa shape index (κ1) is 13.1. The van der Waals surface area contributed by atoms with Gasteiger partial charge in [0.1, 0.15) is 5.75 Å². The molecule has 0 atom stereocenters. The van der Waals surface area contributed by atoms with E-state index >= 15 is 0 Å². The minimum absolute atomic E-state index is 0.164. The molecule has 2 rings (SSSR count). The highest BCUT2D eigenvalue weighted by Crippen LogP contribution is 2.27. The summed E-state index contributed by atoms with van der Waals surface area (Å²) < 4.78 is 15.1. The van der Waals surface area contributed by atoms with Crippen LogP contribution in [0.3, 0.4) is 0 Å². The Hall–Kier alpha value is -2.37. The van der Waals surface area contributed by atoms with E-state index in [2.05, 4.69) is 10.1 Å². The van der Waals surface area contributed by atoms with E-state index in [1.165, 1.54) is 0 Å². The smallest absolute Gasteiger partial charge is 0.397 e. The molecule has 0 saturated carbocycles. The normalized spacial score (nSPS) is 10.2. The monoisotopic (exact) mass is 262 g/mol. The van der Waals surface area contributed by atoms with Gasteiger partial charge in [-0.15, -0.1) is 0 Å². The molecule has 1 heterocycles. The molecule has 0 aliphatic carbocycles. The van der Waals surface area contributed by atoms with Gasteiger partial charge in [-0.3, -0.25) is 0 Å². The van der Waals surface area contributed by atoms with Gasteiger partial charge in [0, 0.05) is 0 Å². The van der Waals surface area contributed by atoms with Crippen LogP contribution in [0.1, 0.15) is 24.5 Å². The molecule has 0 aliphatic heterocycles. The second kappa shape index (κ2) is 5.99. The molecular weight excluding hydrogens is 248 g/mol. The number of hydrogen-bond donors (Lipinski definition) is 0. The summed E-state index contributed by atoms with van der Waals surface area (Å²) in [7, 11) is 0. The molecule has 19 heavy (non-hydrogen) atoms. The van der Waals surface area contributed by atoms with Crippen LogP contribution < -0.4 is 4.74 Å². The van der Waals surface area contributed by atoms with Crippen molar-refractivity contribution < 1.29 is 18.8 Å². The summed E-state index contributed by atoms with van der Waals surface area (Å²) in [6, 6.07) is 7.28. The van der Waals surface area contributed by atoms with E-state index < -0.39 is 5.97 Å². The van der Waals surface area contributed by atoms with Crippen molar-refractivity contribution in [2.24, 2.45) is 0 Å². The number of rotatable bonds is 5. The van der Waals surface area contributed by atoms with Crippen molar-refractivity contribution in [3.05, 3.63) is 30.2 Å². The lowest BCUT2D eigenvalue weighted by atomic mass is 10.2. The van der Waals surface area contributed by atoms with Gasteiger partial charge in [-0.2, -0.15) is 4.98 Å². The second-order valence-electron chi connectivity index (χ2n) is 3.57. The van der Waals surface area contributed by atoms with Crippen LogP contribution in [0.5, 0.6) is 5.75 Å². The molecule has 0 amide bonds. The summed E-state index contributed by atoms with van der Waals surface area (Å²) in [5, 5.41) is 3.77. The fourth-order valence-corrected chi connectivity index (χ4v) is 1.54. The molecule has 6 nitrogen and oxygen atoms in total. The number of ether oxygens (including phenoxy) is 2. The molecule has 0 aliphatic rings. The number of esters is 1. The molecule has 0 saturated heterocycles. The lowest BCUT2D eigenvalue weighted by molar-refractivity contribution is 0.0470. The third-order valence-corrected chi connectivity index (χ3v) is 2.30. The van der Waals surface area contributed by atoms with Crippen molar-refractivity contribution in [2.75, 3.05) is 13.2 Å². The van der Waals surface area contributed by atoms with Gasteiger partial charge in [-0.05, 0) is 26.0 Å². The zero-order valence-electron chi connectivity index (χ0n) is 10.8. The molecule has 0 unspecified atom stereocenters. The first-order chi connectivity index (χ1) is 9.26. The Balaban J connectivity index is 2.30. The third-order valence-electron chi connectivity index (χ3n) is 2.30. The van der Waals surface area contributed by atoms with Crippen molar-refractivity contribution in [1.29, 1.82) is 0 Å². The summed E-state index contributed by atoms with van der Waals surface area (Å²) in [5.74, 6) is 0.145. The zero-order valence-corrected chi connectivity index (χ0v) is 10.8. The van der Waals surface area contributed by atoms with Crippen molar-refractivity contribution >= 4 is 5.97 Å². The van der Waals surface area contributed by atoms with Crippen LogP contribution in [0, 0.1) is 0 Å². The molecule has 1 aromatic carbocycles. The molecule has 2 aromatic rings. The topological polar surface area (TPSA) is 74.5 Å². The lowest BCUT2D eigenvalue weighted by Crippen LogP contribution is -2.04. The van der Waals surface area contributed by atoms with Crippen molar-refractivity contribution in [3.8, 4) is 17.1 Å². The highest BCUT2D eigenvalue weighted by molar-refractivity contribution is 5.84. The molecule has 0 N–H and O–H groups in total. The largest absolute Gasteiger partial charge is 0.493 e. The summed E-state index contributed by atoms with van der Waals surface area (Å²) >= 11 is 0. The first-order valence-electron chi connectivity index (χ1n) is 5.99. The predicted molar refractivity (Wildman–Crippen MR) is 66.9 cm³/mol. The molecule has 6 heteroatoms. The van der Waals surface area contributed by atoms with E-state index in [9.17, 15) is 4.79 Å². The van der Waals surface area contributed by atoms with Gasteiger partial charge in [0.2, 0.25) is 5.82 Å². The van der Waals surface area contributed by atoms with Crippen molar-refractivity contribution in [2.45, 2.75) is 13.8 Å². The zero-order chi connectivity index (χ0) is 13.7. The maximum Gasteiger partial charge on any atom is 0.397 e. The van der Waals surface area contributed by atoms with E-state index in [0.29, 0.717) is 23.7 Å². The summed E-state index contributed by atoms with van der Waals surface area (Å²) in [4.78, 5) is 15.5. The molecule has 0 spiro atoms. The van der Waals surface area contributed by atoms with Gasteiger partial charge in [0.05, 0.1) is 18.8 Å². The van der Waals surface area contributed by atoms with Crippen LogP contribution in [-0.4, -0.2) is 29.3 Å². The van der Waals surface area contributed by atoms with Gasteiger partial charge in [0.25, 0.3) is 0 Å². The van der Waals surface area contributed by atoms with E-state index in [1.807, 2.05) is 19.1 Å². The Kier molecular flexibility index (Phi) is 4.12. The van der Waals surface area contributed by atoms with Crippen LogP contribution in [0.2, 0.25) is 0 Å². The molecule has 100 valence electrons. The number of benzene rings is 1. The highest BCUT2D eigenvalue weighted by atomic mass is 16.6. The van der Waals surface area contributed by atoms with Gasteiger partial charge in [-0.1, -0.05) is 17.3 Å². The van der Waals surface area contributed by atoms with Gasteiger partial charge in [-0.25, -0.2) is 4.79 Å². The number of hydrogen-bond acceptors (Lipinski definition) is 6. The maximum absolute atomic E-state index is 11.5. The third kappa shape index (κ3) is 2.90. The molecule has 0 radical (unpaired) electrons. The van der Waals surface area contributed by atoms with Crippen LogP contribution in [0.4, 0.5) is 0 Å². The fourth-order valence-electron chi connectivity index (χ4n) is 1.54. The van der Waals surface area contributed by atoms with Crippen molar-refractivity contribution in [1.82, 2.24) is 10.1 Å². The lowest BCUT2D eigenvalue weighted by Gasteiger charge is -2.05. The van der Waals surface area contributed by atoms with Gasteiger partial charge >= 0.3 is 11.9 Å². The molecular formula is C13H14N2O4. The molecule has 0 bridgehead atoms. The van der Waals surface area contributed by atoms with E-state index in [4.69, 9.17) is 14.0 Å². The summed E-state index contributed by atoms with van der Waals surface area (Å²) in [6.45, 7) is 4.38. The number of nitrogens with zero attached hydrogens (tertiary/aromatic N) is 2. The standard InChI is InChI=1S/C13H14N2O4/c1-3-17-10-8-6-5-7-9(10)11-14-12(19-15-11)13(16)18-4-2/h5-8H,3-4H2,1-2H3. The van der Waals surface area contributed by atoms with Crippen LogP contribution in [0.15, 0.2) is 28.8 Å². The van der Waals surface area contributed by atoms with Gasteiger partial charge in [0.15, 0.2) is 0 Å². The van der Waals surface area contributed by atoms with E-state index in [0.717, 1.165) is 0 Å². The first-order valence-corrected chi connectivity index (χ1v) is 5.99. The molecule has 1 aromatic heterocycles. The summed E-state index contributed by atoms with van der Waals surface area (Å²) in [6.07, 6.45) is 0. The average molecular weight is 262 g/mol. The quantitative estimate of drug-likeness (QED) is 0.770. The SMILES string of the molecule is CCOC(=O)c1nc(-c2ccccc2OCC)no1. The Bertz CT molecular complexity index is 565.